The summed E-state index contributed by atoms with van der Waals surface area (Å²) in [4.78, 5) is 0. The van der Waals surface area contributed by atoms with Gasteiger partial charge < -0.3 is 5.32 Å². The van der Waals surface area contributed by atoms with Crippen molar-refractivity contribution >= 4 is 21.8 Å². The lowest BCUT2D eigenvalue weighted by molar-refractivity contribution is 0.300. The molecule has 2 rings (SSSR count). The van der Waals surface area contributed by atoms with Gasteiger partial charge in [0.1, 0.15) is 12.0 Å². The normalized spacial score (nSPS) is 25.8. The Bertz CT molecular complexity index is 642. The smallest absolute Gasteiger partial charge is 0.279 e. The Hall–Kier alpha value is -0.800. The molecule has 0 aromatic heterocycles. The van der Waals surface area contributed by atoms with E-state index in [2.05, 4.69) is 10.0 Å². The van der Waals surface area contributed by atoms with Crippen LogP contribution < -0.4 is 10.0 Å². The van der Waals surface area contributed by atoms with E-state index in [0.29, 0.717) is 5.56 Å². The van der Waals surface area contributed by atoms with Crippen molar-refractivity contribution in [2.75, 3.05) is 20.6 Å². The fraction of sp³-hybridized carbons (Fsp3) is 0.538. The first-order chi connectivity index (χ1) is 10.2. The average molecular weight is 354 g/mol. The van der Waals surface area contributed by atoms with E-state index in [0.717, 1.165) is 4.31 Å². The summed E-state index contributed by atoms with van der Waals surface area (Å²) in [5.41, 5.74) is 0.313. The number of rotatable bonds is 5. The van der Waals surface area contributed by atoms with Gasteiger partial charge in [0.2, 0.25) is 0 Å². The van der Waals surface area contributed by atoms with E-state index in [1.165, 1.54) is 20.2 Å². The van der Waals surface area contributed by atoms with Gasteiger partial charge in [0, 0.05) is 26.7 Å². The van der Waals surface area contributed by atoms with Crippen LogP contribution in [0, 0.1) is 5.82 Å². The van der Waals surface area contributed by atoms with E-state index in [-0.39, 0.29) is 18.0 Å². The Labute approximate surface area is 133 Å². The first-order valence-electron chi connectivity index (χ1n) is 6.72. The maximum absolute atomic E-state index is 14.0. The fourth-order valence-electron chi connectivity index (χ4n) is 2.35. The van der Waals surface area contributed by atoms with E-state index in [1.54, 1.807) is 12.1 Å². The molecular weight excluding hydrogens is 336 g/mol. The number of halogens is 3. The molecule has 1 heterocycles. The molecule has 22 heavy (non-hydrogen) atoms. The predicted octanol–water partition coefficient (Wildman–Crippen LogP) is 1.10. The Kier molecular flexibility index (Phi) is 5.39. The van der Waals surface area contributed by atoms with E-state index >= 15 is 0 Å². The molecule has 1 aromatic rings. The molecule has 1 aliphatic heterocycles. The van der Waals surface area contributed by atoms with Gasteiger partial charge in [0.25, 0.3) is 10.2 Å². The summed E-state index contributed by atoms with van der Waals surface area (Å²) in [7, 11) is -1.07. The second-order valence-electron chi connectivity index (χ2n) is 5.38. The maximum atomic E-state index is 14.0. The van der Waals surface area contributed by atoms with Crippen LogP contribution in [0.15, 0.2) is 18.2 Å². The molecule has 1 saturated heterocycles. The van der Waals surface area contributed by atoms with Gasteiger partial charge in [-0.15, -0.1) is 0 Å². The molecule has 0 unspecified atom stereocenters. The van der Waals surface area contributed by atoms with Gasteiger partial charge >= 0.3 is 0 Å². The predicted molar refractivity (Wildman–Crippen MR) is 81.3 cm³/mol. The molecule has 1 fully saturated rings. The molecule has 0 amide bonds. The van der Waals surface area contributed by atoms with Crippen LogP contribution >= 0.6 is 11.6 Å². The highest BCUT2D eigenvalue weighted by molar-refractivity contribution is 7.87. The molecule has 3 atom stereocenters. The summed E-state index contributed by atoms with van der Waals surface area (Å²) in [6, 6.07) is 3.05. The lowest BCUT2D eigenvalue weighted by Gasteiger charge is -2.24. The lowest BCUT2D eigenvalue weighted by atomic mass is 10.0. The van der Waals surface area contributed by atoms with Gasteiger partial charge in [0.05, 0.1) is 11.1 Å². The van der Waals surface area contributed by atoms with Crippen LogP contribution in [0.4, 0.5) is 8.78 Å². The summed E-state index contributed by atoms with van der Waals surface area (Å²) in [6.45, 7) is 0.00741. The van der Waals surface area contributed by atoms with Crippen molar-refractivity contribution in [1.29, 1.82) is 0 Å². The van der Waals surface area contributed by atoms with E-state index in [4.69, 9.17) is 11.6 Å². The van der Waals surface area contributed by atoms with Crippen molar-refractivity contribution < 1.29 is 17.2 Å². The number of nitrogens with one attached hydrogen (secondary N) is 2. The number of benzene rings is 1. The topological polar surface area (TPSA) is 61.4 Å². The van der Waals surface area contributed by atoms with E-state index in [1.807, 2.05) is 0 Å². The summed E-state index contributed by atoms with van der Waals surface area (Å²) >= 11 is 5.72. The summed E-state index contributed by atoms with van der Waals surface area (Å²) < 4.78 is 55.0. The number of alkyl halides is 1. The van der Waals surface area contributed by atoms with Crippen LogP contribution in [0.25, 0.3) is 0 Å². The molecular formula is C13H18ClF2N3O2S. The van der Waals surface area contributed by atoms with Crippen molar-refractivity contribution in [2.24, 2.45) is 0 Å². The van der Waals surface area contributed by atoms with E-state index in [9.17, 15) is 17.2 Å². The standard InChI is InChI=1S/C13H18ClF2N3O2S/c1-19(2)22(20,21)18-13-10(15)7-17-11(13)6-8-4-3-5-9(14)12(8)16/h3-5,10-11,13,17-18H,6-7H2,1-2H3/t10-,11-,13-/m0/s1. The fourth-order valence-corrected chi connectivity index (χ4v) is 3.41. The van der Waals surface area contributed by atoms with Crippen LogP contribution in [0.3, 0.4) is 0 Å². The van der Waals surface area contributed by atoms with Crippen molar-refractivity contribution in [3.63, 3.8) is 0 Å². The Morgan fingerprint density at radius 2 is 2.14 bits per heavy atom. The third-order valence-electron chi connectivity index (χ3n) is 3.64. The van der Waals surface area contributed by atoms with E-state index < -0.39 is 34.3 Å². The second-order valence-corrected chi connectivity index (χ2v) is 7.70. The Morgan fingerprint density at radius 3 is 2.77 bits per heavy atom. The number of hydrogen-bond donors (Lipinski definition) is 2. The minimum atomic E-state index is -3.77. The van der Waals surface area contributed by atoms with Gasteiger partial charge in [-0.05, 0) is 18.1 Å². The number of nitrogens with zero attached hydrogens (tertiary/aromatic N) is 1. The minimum Gasteiger partial charge on any atom is -0.309 e. The zero-order chi connectivity index (χ0) is 16.5. The second kappa shape index (κ2) is 6.76. The first kappa shape index (κ1) is 17.6. The maximum Gasteiger partial charge on any atom is 0.279 e. The molecule has 2 N–H and O–H groups in total. The van der Waals surface area contributed by atoms with Gasteiger partial charge in [0.15, 0.2) is 0 Å². The molecule has 0 spiro atoms. The summed E-state index contributed by atoms with van der Waals surface area (Å²) in [6.07, 6.45) is -1.25. The van der Waals surface area contributed by atoms with Gasteiger partial charge in [-0.1, -0.05) is 23.7 Å². The van der Waals surface area contributed by atoms with Gasteiger partial charge in [-0.25, -0.2) is 8.78 Å². The summed E-state index contributed by atoms with van der Waals surface area (Å²) in [5.74, 6) is -0.567. The van der Waals surface area contributed by atoms with Crippen molar-refractivity contribution in [3.05, 3.63) is 34.6 Å². The zero-order valence-electron chi connectivity index (χ0n) is 12.2. The highest BCUT2D eigenvalue weighted by atomic mass is 35.5. The first-order valence-corrected chi connectivity index (χ1v) is 8.54. The molecule has 1 aliphatic rings. The highest BCUT2D eigenvalue weighted by Gasteiger charge is 2.39. The minimum absolute atomic E-state index is 0.00741. The SMILES string of the molecule is CN(C)S(=O)(=O)N[C@@H]1[C@H](Cc2cccc(Cl)c2F)NC[C@@H]1F. The Morgan fingerprint density at radius 1 is 1.45 bits per heavy atom. The van der Waals surface area contributed by atoms with Crippen molar-refractivity contribution in [2.45, 2.75) is 24.7 Å². The molecule has 0 aliphatic carbocycles. The monoisotopic (exact) mass is 353 g/mol. The molecule has 9 heteroatoms. The zero-order valence-corrected chi connectivity index (χ0v) is 13.8. The van der Waals surface area contributed by atoms with Gasteiger partial charge in [-0.2, -0.15) is 17.4 Å². The lowest BCUT2D eigenvalue weighted by Crippen LogP contribution is -2.51. The molecule has 124 valence electrons. The van der Waals surface area contributed by atoms with Crippen molar-refractivity contribution in [3.8, 4) is 0 Å². The number of hydrogen-bond acceptors (Lipinski definition) is 3. The molecule has 0 bridgehead atoms. The highest BCUT2D eigenvalue weighted by Crippen LogP contribution is 2.22. The largest absolute Gasteiger partial charge is 0.309 e. The molecule has 1 aromatic carbocycles. The van der Waals surface area contributed by atoms with Crippen LogP contribution in [0.5, 0.6) is 0 Å². The van der Waals surface area contributed by atoms with Crippen molar-refractivity contribution in [1.82, 2.24) is 14.3 Å². The molecule has 0 saturated carbocycles. The average Bonchev–Trinajstić information content (AvgIpc) is 2.76. The quantitative estimate of drug-likeness (QED) is 0.833. The molecule has 5 nitrogen and oxygen atoms in total. The van der Waals surface area contributed by atoms with Crippen LogP contribution in [0.1, 0.15) is 5.56 Å². The summed E-state index contributed by atoms with van der Waals surface area (Å²) in [5, 5.41) is 2.87. The molecule has 0 radical (unpaired) electrons. The van der Waals surface area contributed by atoms with Crippen LogP contribution in [-0.4, -0.2) is 51.6 Å². The van der Waals surface area contributed by atoms with Crippen LogP contribution in [0.2, 0.25) is 5.02 Å². The van der Waals surface area contributed by atoms with Gasteiger partial charge in [-0.3, -0.25) is 0 Å². The Balaban J connectivity index is 2.18. The third-order valence-corrected chi connectivity index (χ3v) is 5.46. The third kappa shape index (κ3) is 3.75. The van der Waals surface area contributed by atoms with Crippen LogP contribution in [-0.2, 0) is 16.6 Å².